The molecule has 0 saturated carbocycles. The van der Waals surface area contributed by atoms with Gasteiger partial charge in [-0.3, -0.25) is 4.68 Å². The molecule has 0 atom stereocenters. The Morgan fingerprint density at radius 1 is 1.70 bits per heavy atom. The molecule has 0 aliphatic rings. The van der Waals surface area contributed by atoms with Crippen molar-refractivity contribution in [3.05, 3.63) is 16.4 Å². The van der Waals surface area contributed by atoms with Crippen molar-refractivity contribution in [1.82, 2.24) is 9.78 Å². The van der Waals surface area contributed by atoms with Crippen LogP contribution in [0.25, 0.3) is 0 Å². The number of alkyl halides is 2. The van der Waals surface area contributed by atoms with Gasteiger partial charge in [-0.25, -0.2) is 8.78 Å². The van der Waals surface area contributed by atoms with Crippen LogP contribution in [0.2, 0.25) is 0 Å². The number of halogens is 3. The number of aromatic nitrogens is 2. The molecule has 0 saturated heterocycles. The number of hydrogen-bond donors (Lipinski definition) is 0. The maximum atomic E-state index is 12.0. The highest BCUT2D eigenvalue weighted by Crippen LogP contribution is 2.25. The molecule has 0 amide bonds. The SMILES string of the molecule is Cn1ncc(C(F)F)c1Br. The van der Waals surface area contributed by atoms with Gasteiger partial charge in [0.25, 0.3) is 6.43 Å². The highest BCUT2D eigenvalue weighted by atomic mass is 79.9. The average molecular weight is 211 g/mol. The van der Waals surface area contributed by atoms with Crippen molar-refractivity contribution in [3.8, 4) is 0 Å². The molecule has 0 unspecified atom stereocenters. The van der Waals surface area contributed by atoms with Gasteiger partial charge in [0.05, 0.1) is 11.8 Å². The largest absolute Gasteiger partial charge is 0.267 e. The Hall–Kier alpha value is -0.450. The summed E-state index contributed by atoms with van der Waals surface area (Å²) in [6, 6.07) is 0. The summed E-state index contributed by atoms with van der Waals surface area (Å²) in [7, 11) is 1.59. The van der Waals surface area contributed by atoms with Crippen molar-refractivity contribution in [3.63, 3.8) is 0 Å². The van der Waals surface area contributed by atoms with Gasteiger partial charge < -0.3 is 0 Å². The minimum Gasteiger partial charge on any atom is -0.261 e. The van der Waals surface area contributed by atoms with E-state index in [0.29, 0.717) is 4.60 Å². The minimum atomic E-state index is -2.46. The third-order valence-electron chi connectivity index (χ3n) is 1.13. The molecule has 1 aromatic rings. The van der Waals surface area contributed by atoms with Crippen LogP contribution in [0.1, 0.15) is 12.0 Å². The molecule has 2 nitrogen and oxygen atoms in total. The fourth-order valence-corrected chi connectivity index (χ4v) is 0.953. The van der Waals surface area contributed by atoms with Crippen LogP contribution in [0.4, 0.5) is 8.78 Å². The molecule has 0 spiro atoms. The van der Waals surface area contributed by atoms with E-state index in [1.807, 2.05) is 0 Å². The maximum absolute atomic E-state index is 12.0. The van der Waals surface area contributed by atoms with Crippen LogP contribution in [-0.4, -0.2) is 9.78 Å². The molecule has 0 aliphatic carbocycles. The summed E-state index contributed by atoms with van der Waals surface area (Å²) in [5.74, 6) is 0. The van der Waals surface area contributed by atoms with Crippen LogP contribution in [0, 0.1) is 0 Å². The Labute approximate surface area is 65.0 Å². The standard InChI is InChI=1S/C5H5BrF2N2/c1-10-4(6)3(2-9-10)5(7)8/h2,5H,1H3. The van der Waals surface area contributed by atoms with Gasteiger partial charge in [-0.15, -0.1) is 0 Å². The molecular weight excluding hydrogens is 206 g/mol. The Morgan fingerprint density at radius 3 is 2.50 bits per heavy atom. The zero-order valence-electron chi connectivity index (χ0n) is 5.18. The first-order valence-electron chi connectivity index (χ1n) is 2.58. The average Bonchev–Trinajstić information content (AvgIpc) is 2.14. The van der Waals surface area contributed by atoms with E-state index in [1.165, 1.54) is 4.68 Å². The fourth-order valence-electron chi connectivity index (χ4n) is 0.586. The highest BCUT2D eigenvalue weighted by Gasteiger charge is 2.14. The van der Waals surface area contributed by atoms with Gasteiger partial charge in [0.2, 0.25) is 0 Å². The summed E-state index contributed by atoms with van der Waals surface area (Å²) in [4.78, 5) is 0. The second-order valence-corrected chi connectivity index (χ2v) is 2.57. The van der Waals surface area contributed by atoms with Crippen LogP contribution in [-0.2, 0) is 7.05 Å². The van der Waals surface area contributed by atoms with E-state index in [9.17, 15) is 8.78 Å². The summed E-state index contributed by atoms with van der Waals surface area (Å²) < 4.78 is 25.6. The van der Waals surface area contributed by atoms with Crippen molar-refractivity contribution >= 4 is 15.9 Å². The molecule has 0 aromatic carbocycles. The Bertz CT molecular complexity index is 234. The van der Waals surface area contributed by atoms with E-state index in [2.05, 4.69) is 21.0 Å². The zero-order chi connectivity index (χ0) is 7.72. The van der Waals surface area contributed by atoms with E-state index >= 15 is 0 Å². The first kappa shape index (κ1) is 7.65. The summed E-state index contributed by atoms with van der Waals surface area (Å²) in [5.41, 5.74) is -0.0671. The third kappa shape index (κ3) is 1.18. The molecule has 56 valence electrons. The van der Waals surface area contributed by atoms with E-state index in [1.54, 1.807) is 7.05 Å². The van der Waals surface area contributed by atoms with Gasteiger partial charge in [0, 0.05) is 7.05 Å². The van der Waals surface area contributed by atoms with Crippen molar-refractivity contribution in [2.75, 3.05) is 0 Å². The van der Waals surface area contributed by atoms with Gasteiger partial charge in [0.15, 0.2) is 0 Å². The van der Waals surface area contributed by atoms with Crippen LogP contribution < -0.4 is 0 Å². The molecule has 1 aromatic heterocycles. The quantitative estimate of drug-likeness (QED) is 0.695. The molecule has 5 heteroatoms. The smallest absolute Gasteiger partial charge is 0.261 e. The Morgan fingerprint density at radius 2 is 2.30 bits per heavy atom. The van der Waals surface area contributed by atoms with Gasteiger partial charge >= 0.3 is 0 Å². The van der Waals surface area contributed by atoms with Crippen molar-refractivity contribution < 1.29 is 8.78 Å². The Kier molecular flexibility index (Phi) is 2.03. The number of aryl methyl sites for hydroxylation is 1. The van der Waals surface area contributed by atoms with Crippen molar-refractivity contribution in [1.29, 1.82) is 0 Å². The molecule has 10 heavy (non-hydrogen) atoms. The predicted molar refractivity (Wildman–Crippen MR) is 35.9 cm³/mol. The van der Waals surface area contributed by atoms with Gasteiger partial charge in [0.1, 0.15) is 4.60 Å². The van der Waals surface area contributed by atoms with Crippen LogP contribution >= 0.6 is 15.9 Å². The zero-order valence-corrected chi connectivity index (χ0v) is 6.77. The molecule has 0 N–H and O–H groups in total. The van der Waals surface area contributed by atoms with Crippen LogP contribution in [0.3, 0.4) is 0 Å². The topological polar surface area (TPSA) is 17.8 Å². The number of nitrogens with zero attached hydrogens (tertiary/aromatic N) is 2. The number of hydrogen-bond acceptors (Lipinski definition) is 1. The lowest BCUT2D eigenvalue weighted by Crippen LogP contribution is -1.89. The molecule has 0 aliphatic heterocycles. The number of rotatable bonds is 1. The molecule has 1 rings (SSSR count). The monoisotopic (exact) mass is 210 g/mol. The second kappa shape index (κ2) is 2.65. The van der Waals surface area contributed by atoms with E-state index in [0.717, 1.165) is 6.20 Å². The predicted octanol–water partition coefficient (Wildman–Crippen LogP) is 2.12. The summed E-state index contributed by atoms with van der Waals surface area (Å²) in [6.45, 7) is 0. The van der Waals surface area contributed by atoms with Crippen LogP contribution in [0.15, 0.2) is 10.8 Å². The van der Waals surface area contributed by atoms with Gasteiger partial charge in [-0.05, 0) is 15.9 Å². The molecule has 1 heterocycles. The fraction of sp³-hybridized carbons (Fsp3) is 0.400. The van der Waals surface area contributed by atoms with E-state index in [4.69, 9.17) is 0 Å². The second-order valence-electron chi connectivity index (χ2n) is 1.82. The highest BCUT2D eigenvalue weighted by molar-refractivity contribution is 9.10. The molecule has 0 fully saturated rings. The third-order valence-corrected chi connectivity index (χ3v) is 2.10. The molecule has 0 bridgehead atoms. The van der Waals surface area contributed by atoms with Crippen molar-refractivity contribution in [2.45, 2.75) is 6.43 Å². The summed E-state index contributed by atoms with van der Waals surface area (Å²) in [5, 5.41) is 3.63. The maximum Gasteiger partial charge on any atom is 0.267 e. The minimum absolute atomic E-state index is 0.0671. The first-order valence-corrected chi connectivity index (χ1v) is 3.37. The van der Waals surface area contributed by atoms with Crippen molar-refractivity contribution in [2.24, 2.45) is 7.05 Å². The lowest BCUT2D eigenvalue weighted by Gasteiger charge is -1.94. The van der Waals surface area contributed by atoms with E-state index in [-0.39, 0.29) is 5.56 Å². The van der Waals surface area contributed by atoms with Crippen LogP contribution in [0.5, 0.6) is 0 Å². The molecular formula is C5H5BrF2N2. The normalized spacial score (nSPS) is 10.9. The van der Waals surface area contributed by atoms with Gasteiger partial charge in [-0.2, -0.15) is 5.10 Å². The van der Waals surface area contributed by atoms with Gasteiger partial charge in [-0.1, -0.05) is 0 Å². The first-order chi connectivity index (χ1) is 4.63. The lowest BCUT2D eigenvalue weighted by molar-refractivity contribution is 0.150. The van der Waals surface area contributed by atoms with E-state index < -0.39 is 6.43 Å². The Balaban J connectivity index is 3.05. The molecule has 0 radical (unpaired) electrons. The lowest BCUT2D eigenvalue weighted by atomic mass is 10.4. The summed E-state index contributed by atoms with van der Waals surface area (Å²) >= 11 is 2.97. The summed E-state index contributed by atoms with van der Waals surface area (Å²) in [6.07, 6.45) is -1.31.